The van der Waals surface area contributed by atoms with E-state index in [1.54, 1.807) is 30.3 Å². The number of carbonyl (C=O) groups is 1. The zero-order valence-electron chi connectivity index (χ0n) is 24.1. The minimum Gasteiger partial charge on any atom is -0.462 e. The van der Waals surface area contributed by atoms with Crippen LogP contribution in [0.15, 0.2) is 47.4 Å². The fourth-order valence-electron chi connectivity index (χ4n) is 4.21. The third-order valence-electron chi connectivity index (χ3n) is 6.56. The number of aromatic nitrogens is 2. The van der Waals surface area contributed by atoms with Crippen molar-refractivity contribution in [2.24, 2.45) is 0 Å². The maximum absolute atomic E-state index is 13.8. The van der Waals surface area contributed by atoms with Crippen LogP contribution in [0.2, 0.25) is 0 Å². The van der Waals surface area contributed by atoms with Gasteiger partial charge in [-0.15, -0.1) is 0 Å². The molecule has 1 aromatic carbocycles. The Bertz CT molecular complexity index is 1240. The van der Waals surface area contributed by atoms with E-state index in [9.17, 15) is 24.4 Å². The molecule has 0 bridgehead atoms. The highest BCUT2D eigenvalue weighted by Crippen LogP contribution is 2.46. The zero-order valence-corrected chi connectivity index (χ0v) is 25.0. The van der Waals surface area contributed by atoms with E-state index in [2.05, 4.69) is 17.0 Å². The standard InChI is InChI=1S/C27H41N4O10P/c1-4-5-6-10-15-37-16-17-38-24(33)19(2)30-42(36,41-20-11-8-7-9-12-20)39-18-21-23(32)27(3,35)25(40-21)31-14-13-22(28)29-26(31)34/h7-9,11-14,19,21,23,25,32,35H,4-6,10,15-18H2,1-3H3,(H,30,36)(H2,28,29,34)/t19-,21+,23+,25+,27+,42?/m0/s1. The number of para-hydroxylation sites is 1. The van der Waals surface area contributed by atoms with Crippen LogP contribution in [0.5, 0.6) is 5.75 Å². The van der Waals surface area contributed by atoms with Crippen molar-refractivity contribution < 1.29 is 42.8 Å². The second-order valence-electron chi connectivity index (χ2n) is 10.1. The predicted octanol–water partition coefficient (Wildman–Crippen LogP) is 2.16. The van der Waals surface area contributed by atoms with E-state index in [0.717, 1.165) is 30.3 Å². The van der Waals surface area contributed by atoms with Gasteiger partial charge in [-0.05, 0) is 38.5 Å². The normalized spacial score (nSPS) is 24.2. The Labute approximate surface area is 244 Å². The van der Waals surface area contributed by atoms with Crippen LogP contribution in [0.1, 0.15) is 52.7 Å². The van der Waals surface area contributed by atoms with Crippen LogP contribution in [0.4, 0.5) is 5.82 Å². The van der Waals surface area contributed by atoms with Gasteiger partial charge < -0.3 is 34.7 Å². The molecule has 1 unspecified atom stereocenters. The van der Waals surface area contributed by atoms with Gasteiger partial charge in [0.15, 0.2) is 6.23 Å². The Kier molecular flexibility index (Phi) is 12.5. The van der Waals surface area contributed by atoms with Crippen LogP contribution in [0, 0.1) is 0 Å². The third kappa shape index (κ3) is 9.33. The van der Waals surface area contributed by atoms with Crippen LogP contribution in [0.25, 0.3) is 0 Å². The number of hydrogen-bond acceptors (Lipinski definition) is 12. The van der Waals surface area contributed by atoms with Crippen LogP contribution in [-0.2, 0) is 28.1 Å². The number of anilines is 1. The topological polar surface area (TPSA) is 194 Å². The summed E-state index contributed by atoms with van der Waals surface area (Å²) in [4.78, 5) is 28.5. The number of ether oxygens (including phenoxy) is 3. The number of benzene rings is 1. The van der Waals surface area contributed by atoms with Gasteiger partial charge in [0.05, 0.1) is 13.2 Å². The second-order valence-corrected chi connectivity index (χ2v) is 11.8. The summed E-state index contributed by atoms with van der Waals surface area (Å²) in [5.41, 5.74) is 2.78. The number of unbranched alkanes of at least 4 members (excludes halogenated alkanes) is 3. The summed E-state index contributed by atoms with van der Waals surface area (Å²) in [5, 5.41) is 24.3. The first kappa shape index (κ1) is 33.7. The van der Waals surface area contributed by atoms with Gasteiger partial charge in [-0.25, -0.2) is 9.36 Å². The van der Waals surface area contributed by atoms with Gasteiger partial charge in [-0.3, -0.25) is 13.9 Å². The smallest absolute Gasteiger partial charge is 0.459 e. The highest BCUT2D eigenvalue weighted by molar-refractivity contribution is 7.52. The molecule has 14 nitrogen and oxygen atoms in total. The lowest BCUT2D eigenvalue weighted by atomic mass is 9.96. The number of rotatable bonds is 17. The molecule has 0 spiro atoms. The second kappa shape index (κ2) is 15.6. The van der Waals surface area contributed by atoms with Crippen LogP contribution >= 0.6 is 7.75 Å². The Balaban J connectivity index is 1.63. The molecule has 6 atom stereocenters. The lowest BCUT2D eigenvalue weighted by Crippen LogP contribution is -2.46. The molecule has 0 saturated carbocycles. The molecule has 15 heteroatoms. The molecule has 1 saturated heterocycles. The lowest BCUT2D eigenvalue weighted by Gasteiger charge is -2.27. The molecule has 0 amide bonds. The predicted molar refractivity (Wildman–Crippen MR) is 153 cm³/mol. The maximum Gasteiger partial charge on any atom is 0.459 e. The highest BCUT2D eigenvalue weighted by atomic mass is 31.2. The van der Waals surface area contributed by atoms with Gasteiger partial charge in [0.25, 0.3) is 0 Å². The van der Waals surface area contributed by atoms with E-state index >= 15 is 0 Å². The number of aliphatic hydroxyl groups is 2. The number of carbonyl (C=O) groups excluding carboxylic acids is 1. The maximum atomic E-state index is 13.8. The van der Waals surface area contributed by atoms with Gasteiger partial charge in [0, 0.05) is 12.8 Å². The van der Waals surface area contributed by atoms with E-state index in [4.69, 9.17) is 29.0 Å². The quantitative estimate of drug-likeness (QED) is 0.115. The van der Waals surface area contributed by atoms with Crippen molar-refractivity contribution >= 4 is 19.5 Å². The van der Waals surface area contributed by atoms with Crippen molar-refractivity contribution in [3.05, 3.63) is 53.1 Å². The first-order valence-electron chi connectivity index (χ1n) is 13.9. The van der Waals surface area contributed by atoms with Gasteiger partial charge in [0.1, 0.15) is 42.0 Å². The van der Waals surface area contributed by atoms with E-state index in [1.807, 2.05) is 0 Å². The van der Waals surface area contributed by atoms with Crippen molar-refractivity contribution in [3.63, 3.8) is 0 Å². The molecule has 42 heavy (non-hydrogen) atoms. The first-order valence-corrected chi connectivity index (χ1v) is 15.4. The van der Waals surface area contributed by atoms with Crippen molar-refractivity contribution in [2.75, 3.05) is 32.2 Å². The minimum absolute atomic E-state index is 0.0152. The molecule has 1 aliphatic rings. The Morgan fingerprint density at radius 1 is 1.21 bits per heavy atom. The van der Waals surface area contributed by atoms with E-state index in [0.29, 0.717) is 6.61 Å². The van der Waals surface area contributed by atoms with Crippen molar-refractivity contribution in [1.29, 1.82) is 0 Å². The van der Waals surface area contributed by atoms with Gasteiger partial charge in [-0.2, -0.15) is 10.1 Å². The van der Waals surface area contributed by atoms with Crippen molar-refractivity contribution in [1.82, 2.24) is 14.6 Å². The van der Waals surface area contributed by atoms with Gasteiger partial charge >= 0.3 is 19.4 Å². The monoisotopic (exact) mass is 612 g/mol. The SMILES string of the molecule is CCCCCCOCCOC(=O)[C@H](C)NP(=O)(OC[C@H]1O[C@@H](n2ccc(N)nc2=O)[C@](C)(O)[C@@H]1O)Oc1ccccc1. The van der Waals surface area contributed by atoms with Crippen molar-refractivity contribution in [2.45, 2.75) is 76.5 Å². The molecule has 1 fully saturated rings. The third-order valence-corrected chi connectivity index (χ3v) is 8.20. The number of nitrogens with zero attached hydrogens (tertiary/aromatic N) is 2. The highest BCUT2D eigenvalue weighted by Gasteiger charge is 2.54. The van der Waals surface area contributed by atoms with E-state index in [1.165, 1.54) is 26.1 Å². The average molecular weight is 613 g/mol. The molecule has 2 heterocycles. The molecule has 0 aliphatic carbocycles. The molecular formula is C27H41N4O10P. The van der Waals surface area contributed by atoms with Crippen LogP contribution < -0.4 is 21.0 Å². The fraction of sp³-hybridized carbons (Fsp3) is 0.593. The van der Waals surface area contributed by atoms with Crippen LogP contribution in [0.3, 0.4) is 0 Å². The zero-order chi connectivity index (χ0) is 30.8. The number of nitrogen functional groups attached to an aromatic ring is 1. The summed E-state index contributed by atoms with van der Waals surface area (Å²) in [7, 11) is -4.29. The van der Waals surface area contributed by atoms with Crippen LogP contribution in [-0.4, -0.2) is 76.0 Å². The van der Waals surface area contributed by atoms with E-state index in [-0.39, 0.29) is 24.8 Å². The Morgan fingerprint density at radius 2 is 1.95 bits per heavy atom. The summed E-state index contributed by atoms with van der Waals surface area (Å²) >= 11 is 0. The molecule has 5 N–H and O–H groups in total. The van der Waals surface area contributed by atoms with Gasteiger partial charge in [0.2, 0.25) is 0 Å². The summed E-state index contributed by atoms with van der Waals surface area (Å²) in [6, 6.07) is 8.35. The summed E-state index contributed by atoms with van der Waals surface area (Å²) < 4.78 is 42.4. The van der Waals surface area contributed by atoms with E-state index < -0.39 is 56.1 Å². The summed E-state index contributed by atoms with van der Waals surface area (Å²) in [5.74, 6) is -0.551. The molecule has 234 valence electrons. The van der Waals surface area contributed by atoms with Crippen molar-refractivity contribution in [3.8, 4) is 5.75 Å². The molecular weight excluding hydrogens is 571 g/mol. The molecule has 3 rings (SSSR count). The average Bonchev–Trinajstić information content (AvgIpc) is 3.17. The largest absolute Gasteiger partial charge is 0.462 e. The minimum atomic E-state index is -4.29. The Hall–Kier alpha value is -2.84. The summed E-state index contributed by atoms with van der Waals surface area (Å²) in [6.45, 7) is 5.10. The number of nitrogens with one attached hydrogen (secondary N) is 1. The number of aliphatic hydroxyl groups excluding tert-OH is 1. The number of esters is 1. The van der Waals surface area contributed by atoms with Gasteiger partial charge in [-0.1, -0.05) is 44.4 Å². The first-order chi connectivity index (χ1) is 20.0. The fourth-order valence-corrected chi connectivity index (χ4v) is 5.71. The summed E-state index contributed by atoms with van der Waals surface area (Å²) in [6.07, 6.45) is 1.37. The number of nitrogens with two attached hydrogens (primary N) is 1. The lowest BCUT2D eigenvalue weighted by molar-refractivity contribution is -0.146. The molecule has 1 aliphatic heterocycles. The number of hydrogen-bond donors (Lipinski definition) is 4. The molecule has 1 aromatic heterocycles. The Morgan fingerprint density at radius 3 is 2.64 bits per heavy atom. The molecule has 2 aromatic rings. The molecule has 0 radical (unpaired) electrons.